The third-order valence-corrected chi connectivity index (χ3v) is 3.01. The zero-order valence-electron chi connectivity index (χ0n) is 7.93. The number of hydrogen-bond donors (Lipinski definition) is 1. The van der Waals surface area contributed by atoms with Crippen molar-refractivity contribution in [2.75, 3.05) is 0 Å². The Labute approximate surface area is 89.3 Å². The van der Waals surface area contributed by atoms with Gasteiger partial charge in [-0.25, -0.2) is 19.9 Å². The van der Waals surface area contributed by atoms with Crippen LogP contribution in [0.15, 0.2) is 18.0 Å². The number of nitrogens with one attached hydrogen (secondary N) is 1. The van der Waals surface area contributed by atoms with Gasteiger partial charge in [0.1, 0.15) is 22.5 Å². The number of H-pyrrole nitrogens is 1. The van der Waals surface area contributed by atoms with Crippen molar-refractivity contribution in [2.45, 2.75) is 6.92 Å². The van der Waals surface area contributed by atoms with Crippen LogP contribution in [-0.4, -0.2) is 24.9 Å². The van der Waals surface area contributed by atoms with E-state index in [0.717, 1.165) is 21.9 Å². The number of imidazole rings is 1. The zero-order chi connectivity index (χ0) is 10.3. The van der Waals surface area contributed by atoms with Crippen LogP contribution >= 0.6 is 11.3 Å². The first kappa shape index (κ1) is 8.49. The number of aromatic nitrogens is 5. The van der Waals surface area contributed by atoms with Crippen LogP contribution < -0.4 is 0 Å². The Kier molecular flexibility index (Phi) is 1.75. The highest BCUT2D eigenvalue weighted by atomic mass is 32.1. The Balaban J connectivity index is 2.30. The molecule has 3 aromatic heterocycles. The lowest BCUT2D eigenvalue weighted by molar-refractivity contribution is 1.18. The topological polar surface area (TPSA) is 67.3 Å². The van der Waals surface area contributed by atoms with Crippen LogP contribution in [0, 0.1) is 6.92 Å². The fraction of sp³-hybridized carbons (Fsp3) is 0.111. The summed E-state index contributed by atoms with van der Waals surface area (Å²) >= 11 is 1.57. The van der Waals surface area contributed by atoms with Crippen molar-refractivity contribution >= 4 is 22.5 Å². The molecule has 5 nitrogen and oxygen atoms in total. The fourth-order valence-electron chi connectivity index (χ4n) is 1.39. The zero-order valence-corrected chi connectivity index (χ0v) is 8.75. The fourth-order valence-corrected chi connectivity index (χ4v) is 2.19. The van der Waals surface area contributed by atoms with Gasteiger partial charge in [0.25, 0.3) is 0 Å². The second-order valence-corrected chi connectivity index (χ2v) is 3.98. The summed E-state index contributed by atoms with van der Waals surface area (Å²) in [5.41, 5.74) is 3.33. The molecular weight excluding hydrogens is 210 g/mol. The standard InChI is InChI=1S/C9H7N5S/c1-5-2-15-9(14-5)7-6-8(12-3-10-6)13-4-11-7/h2-4H,1H3,(H,10,11,12,13). The van der Waals surface area contributed by atoms with Crippen LogP contribution in [0.4, 0.5) is 0 Å². The molecule has 0 aromatic carbocycles. The summed E-state index contributed by atoms with van der Waals surface area (Å²) in [6.45, 7) is 1.96. The van der Waals surface area contributed by atoms with E-state index >= 15 is 0 Å². The summed E-state index contributed by atoms with van der Waals surface area (Å²) < 4.78 is 0. The minimum atomic E-state index is 0.674. The molecule has 3 heterocycles. The van der Waals surface area contributed by atoms with Gasteiger partial charge in [0, 0.05) is 11.1 Å². The van der Waals surface area contributed by atoms with Gasteiger partial charge in [-0.15, -0.1) is 11.3 Å². The Morgan fingerprint density at radius 3 is 3.00 bits per heavy atom. The molecule has 0 saturated carbocycles. The first-order valence-electron chi connectivity index (χ1n) is 4.41. The summed E-state index contributed by atoms with van der Waals surface area (Å²) in [4.78, 5) is 19.8. The molecule has 0 spiro atoms. The predicted molar refractivity (Wildman–Crippen MR) is 57.5 cm³/mol. The maximum Gasteiger partial charge on any atom is 0.181 e. The van der Waals surface area contributed by atoms with Gasteiger partial charge in [-0.1, -0.05) is 0 Å². The molecule has 0 radical (unpaired) electrons. The van der Waals surface area contributed by atoms with Gasteiger partial charge in [-0.3, -0.25) is 0 Å². The number of aryl methyl sites for hydroxylation is 1. The predicted octanol–water partition coefficient (Wildman–Crippen LogP) is 1.78. The Morgan fingerprint density at radius 1 is 1.27 bits per heavy atom. The van der Waals surface area contributed by atoms with Crippen molar-refractivity contribution in [2.24, 2.45) is 0 Å². The lowest BCUT2D eigenvalue weighted by Crippen LogP contribution is -1.87. The molecule has 15 heavy (non-hydrogen) atoms. The molecule has 3 aromatic rings. The molecule has 1 N–H and O–H groups in total. The van der Waals surface area contributed by atoms with Crippen molar-refractivity contribution in [3.63, 3.8) is 0 Å². The van der Waals surface area contributed by atoms with Crippen molar-refractivity contribution in [3.05, 3.63) is 23.7 Å². The summed E-state index contributed by atoms with van der Waals surface area (Å²) in [5.74, 6) is 0. The SMILES string of the molecule is Cc1csc(-c2ncnc3nc[nH]c23)n1. The maximum atomic E-state index is 4.39. The van der Waals surface area contributed by atoms with E-state index in [1.165, 1.54) is 6.33 Å². The summed E-state index contributed by atoms with van der Waals surface area (Å²) in [6, 6.07) is 0. The third kappa shape index (κ3) is 1.30. The summed E-state index contributed by atoms with van der Waals surface area (Å²) in [6.07, 6.45) is 3.12. The molecule has 0 aliphatic carbocycles. The first-order chi connectivity index (χ1) is 7.34. The van der Waals surface area contributed by atoms with Crippen molar-refractivity contribution in [1.82, 2.24) is 24.9 Å². The van der Waals surface area contributed by atoms with Crippen LogP contribution in [-0.2, 0) is 0 Å². The van der Waals surface area contributed by atoms with Crippen LogP contribution in [0.1, 0.15) is 5.69 Å². The van der Waals surface area contributed by atoms with Gasteiger partial charge in [-0.05, 0) is 6.92 Å². The number of nitrogens with zero attached hydrogens (tertiary/aromatic N) is 4. The smallest absolute Gasteiger partial charge is 0.181 e. The van der Waals surface area contributed by atoms with Crippen LogP contribution in [0.2, 0.25) is 0 Å². The lowest BCUT2D eigenvalue weighted by Gasteiger charge is -1.95. The van der Waals surface area contributed by atoms with E-state index in [2.05, 4.69) is 24.9 Å². The molecule has 0 amide bonds. The van der Waals surface area contributed by atoms with E-state index in [9.17, 15) is 0 Å². The van der Waals surface area contributed by atoms with Crippen LogP contribution in [0.25, 0.3) is 21.9 Å². The van der Waals surface area contributed by atoms with Crippen LogP contribution in [0.5, 0.6) is 0 Å². The molecule has 0 aliphatic heterocycles. The van der Waals surface area contributed by atoms with Crippen molar-refractivity contribution < 1.29 is 0 Å². The third-order valence-electron chi connectivity index (χ3n) is 2.04. The van der Waals surface area contributed by atoms with E-state index < -0.39 is 0 Å². The van der Waals surface area contributed by atoms with E-state index in [-0.39, 0.29) is 0 Å². The number of rotatable bonds is 1. The maximum absolute atomic E-state index is 4.39. The summed E-state index contributed by atoms with van der Waals surface area (Å²) in [7, 11) is 0. The van der Waals surface area contributed by atoms with Gasteiger partial charge < -0.3 is 4.98 Å². The lowest BCUT2D eigenvalue weighted by atomic mass is 10.4. The molecule has 0 aliphatic rings. The number of thiazole rings is 1. The largest absolute Gasteiger partial charge is 0.341 e. The number of hydrogen-bond acceptors (Lipinski definition) is 5. The highest BCUT2D eigenvalue weighted by Crippen LogP contribution is 2.25. The number of fused-ring (bicyclic) bond motifs is 1. The Morgan fingerprint density at radius 2 is 2.20 bits per heavy atom. The average molecular weight is 217 g/mol. The normalized spacial score (nSPS) is 11.0. The van der Waals surface area contributed by atoms with E-state index in [1.54, 1.807) is 17.7 Å². The molecule has 3 rings (SSSR count). The minimum absolute atomic E-state index is 0.674. The van der Waals surface area contributed by atoms with Gasteiger partial charge in [0.15, 0.2) is 5.65 Å². The van der Waals surface area contributed by atoms with Gasteiger partial charge in [0.05, 0.1) is 6.33 Å². The first-order valence-corrected chi connectivity index (χ1v) is 5.29. The highest BCUT2D eigenvalue weighted by Gasteiger charge is 2.10. The summed E-state index contributed by atoms with van der Waals surface area (Å²) in [5, 5.41) is 2.89. The number of aromatic amines is 1. The molecule has 74 valence electrons. The van der Waals surface area contributed by atoms with E-state index in [1.807, 2.05) is 12.3 Å². The van der Waals surface area contributed by atoms with E-state index in [0.29, 0.717) is 5.65 Å². The second kappa shape index (κ2) is 3.09. The highest BCUT2D eigenvalue weighted by molar-refractivity contribution is 7.13. The molecule has 0 saturated heterocycles. The second-order valence-electron chi connectivity index (χ2n) is 3.12. The van der Waals surface area contributed by atoms with Crippen molar-refractivity contribution in [1.29, 1.82) is 0 Å². The molecule has 0 atom stereocenters. The Hall–Kier alpha value is -1.82. The Bertz CT molecular complexity index is 612. The molecule has 0 fully saturated rings. The van der Waals surface area contributed by atoms with Gasteiger partial charge >= 0.3 is 0 Å². The van der Waals surface area contributed by atoms with Crippen LogP contribution in [0.3, 0.4) is 0 Å². The minimum Gasteiger partial charge on any atom is -0.341 e. The molecule has 0 bridgehead atoms. The molecular formula is C9H7N5S. The average Bonchev–Trinajstić information content (AvgIpc) is 2.84. The van der Waals surface area contributed by atoms with Gasteiger partial charge in [0.2, 0.25) is 0 Å². The van der Waals surface area contributed by atoms with Crippen molar-refractivity contribution in [3.8, 4) is 10.7 Å². The quantitative estimate of drug-likeness (QED) is 0.674. The van der Waals surface area contributed by atoms with E-state index in [4.69, 9.17) is 0 Å². The monoisotopic (exact) mass is 217 g/mol. The molecule has 6 heteroatoms. The molecule has 0 unspecified atom stereocenters. The van der Waals surface area contributed by atoms with Gasteiger partial charge in [-0.2, -0.15) is 0 Å².